The average Bonchev–Trinajstić information content (AvgIpc) is 2.74. The standard InChI is InChI=1S/C10H18N2O4S2/c13-17(14)3-1-7(2-4-17)18(15,16)12-10-8-5-11-6-9(8)10/h7-12H,1-6H2. The molecule has 1 saturated carbocycles. The van der Waals surface area contributed by atoms with Gasteiger partial charge in [0.05, 0.1) is 16.8 Å². The van der Waals surface area contributed by atoms with E-state index >= 15 is 0 Å². The molecular formula is C10H18N2O4S2. The van der Waals surface area contributed by atoms with Crippen LogP contribution in [0, 0.1) is 11.8 Å². The fourth-order valence-corrected chi connectivity index (χ4v) is 6.63. The van der Waals surface area contributed by atoms with E-state index in [4.69, 9.17) is 0 Å². The first kappa shape index (κ1) is 12.8. The zero-order chi connectivity index (χ0) is 13.0. The van der Waals surface area contributed by atoms with Crippen molar-refractivity contribution in [3.05, 3.63) is 0 Å². The number of nitrogens with one attached hydrogen (secondary N) is 2. The topological polar surface area (TPSA) is 92.3 Å². The summed E-state index contributed by atoms with van der Waals surface area (Å²) in [5, 5.41) is 2.68. The Morgan fingerprint density at radius 3 is 2.17 bits per heavy atom. The minimum atomic E-state index is -3.35. The van der Waals surface area contributed by atoms with E-state index in [2.05, 4.69) is 10.0 Å². The predicted octanol–water partition coefficient (Wildman–Crippen LogP) is -1.30. The van der Waals surface area contributed by atoms with Crippen LogP contribution in [0.2, 0.25) is 0 Å². The summed E-state index contributed by atoms with van der Waals surface area (Å²) in [7, 11) is -6.36. The second-order valence-electron chi connectivity index (χ2n) is 5.53. The lowest BCUT2D eigenvalue weighted by Crippen LogP contribution is -2.42. The highest BCUT2D eigenvalue weighted by Gasteiger charge is 2.55. The highest BCUT2D eigenvalue weighted by atomic mass is 32.2. The number of hydrogen-bond donors (Lipinski definition) is 2. The first-order valence-electron chi connectivity index (χ1n) is 6.31. The van der Waals surface area contributed by atoms with Crippen molar-refractivity contribution in [3.8, 4) is 0 Å². The zero-order valence-electron chi connectivity index (χ0n) is 10.0. The van der Waals surface area contributed by atoms with Crippen molar-refractivity contribution in [2.24, 2.45) is 11.8 Å². The molecule has 3 aliphatic rings. The highest BCUT2D eigenvalue weighted by Crippen LogP contribution is 2.42. The summed E-state index contributed by atoms with van der Waals surface area (Å²) in [6.45, 7) is 1.77. The molecule has 3 fully saturated rings. The molecule has 6 nitrogen and oxygen atoms in total. The Bertz CT molecular complexity index is 518. The van der Waals surface area contributed by atoms with Gasteiger partial charge in [0.2, 0.25) is 10.0 Å². The number of hydrogen-bond acceptors (Lipinski definition) is 5. The van der Waals surface area contributed by atoms with Gasteiger partial charge >= 0.3 is 0 Å². The van der Waals surface area contributed by atoms with Crippen molar-refractivity contribution in [3.63, 3.8) is 0 Å². The van der Waals surface area contributed by atoms with Crippen molar-refractivity contribution in [1.29, 1.82) is 0 Å². The van der Waals surface area contributed by atoms with Crippen molar-refractivity contribution in [1.82, 2.24) is 10.0 Å². The van der Waals surface area contributed by atoms with Crippen LogP contribution in [0.15, 0.2) is 0 Å². The van der Waals surface area contributed by atoms with E-state index in [1.165, 1.54) is 0 Å². The molecule has 0 aromatic rings. The molecule has 1 aliphatic carbocycles. The van der Waals surface area contributed by atoms with Gasteiger partial charge in [0.25, 0.3) is 0 Å². The van der Waals surface area contributed by atoms with E-state index in [0.29, 0.717) is 11.8 Å². The second kappa shape index (κ2) is 4.16. The smallest absolute Gasteiger partial charge is 0.214 e. The summed E-state index contributed by atoms with van der Waals surface area (Å²) < 4.78 is 49.7. The Morgan fingerprint density at radius 2 is 1.61 bits per heavy atom. The summed E-state index contributed by atoms with van der Waals surface area (Å²) in [4.78, 5) is 0. The number of sulfone groups is 1. The lowest BCUT2D eigenvalue weighted by Gasteiger charge is -2.22. The molecule has 0 amide bonds. The molecule has 0 radical (unpaired) electrons. The van der Waals surface area contributed by atoms with Crippen molar-refractivity contribution in [2.45, 2.75) is 24.1 Å². The van der Waals surface area contributed by atoms with Gasteiger partial charge in [-0.1, -0.05) is 0 Å². The number of sulfonamides is 1. The fourth-order valence-electron chi connectivity index (χ4n) is 3.06. The molecule has 0 aromatic heterocycles. The SMILES string of the molecule is O=S1(=O)CCC(S(=O)(=O)NC2C3CNCC32)CC1. The third-order valence-corrected chi connectivity index (χ3v) is 8.00. The van der Waals surface area contributed by atoms with Gasteiger partial charge in [0.15, 0.2) is 0 Å². The van der Waals surface area contributed by atoms with Crippen LogP contribution in [0.4, 0.5) is 0 Å². The highest BCUT2D eigenvalue weighted by molar-refractivity contribution is 7.92. The Labute approximate surface area is 107 Å². The average molecular weight is 294 g/mol. The van der Waals surface area contributed by atoms with Crippen LogP contribution in [-0.4, -0.2) is 52.7 Å². The van der Waals surface area contributed by atoms with Crippen molar-refractivity contribution >= 4 is 19.9 Å². The maximum atomic E-state index is 12.2. The van der Waals surface area contributed by atoms with E-state index < -0.39 is 25.1 Å². The van der Waals surface area contributed by atoms with Gasteiger partial charge in [-0.2, -0.15) is 0 Å². The molecule has 2 unspecified atom stereocenters. The van der Waals surface area contributed by atoms with Gasteiger partial charge in [-0.3, -0.25) is 0 Å². The molecule has 2 aliphatic heterocycles. The summed E-state index contributed by atoms with van der Waals surface area (Å²) >= 11 is 0. The Morgan fingerprint density at radius 1 is 1.06 bits per heavy atom. The normalized spacial score (nSPS) is 39.4. The number of piperidine rings is 1. The fraction of sp³-hybridized carbons (Fsp3) is 1.00. The molecule has 2 heterocycles. The number of fused-ring (bicyclic) bond motifs is 1. The monoisotopic (exact) mass is 294 g/mol. The van der Waals surface area contributed by atoms with E-state index in [0.717, 1.165) is 13.1 Å². The third kappa shape index (κ3) is 2.31. The molecule has 3 rings (SSSR count). The molecule has 2 N–H and O–H groups in total. The van der Waals surface area contributed by atoms with E-state index in [1.807, 2.05) is 0 Å². The zero-order valence-corrected chi connectivity index (χ0v) is 11.6. The summed E-state index contributed by atoms with van der Waals surface area (Å²) in [5.74, 6) is 0.870. The Hall–Kier alpha value is -0.180. The van der Waals surface area contributed by atoms with Crippen LogP contribution in [0.5, 0.6) is 0 Å². The largest absolute Gasteiger partial charge is 0.316 e. The van der Waals surface area contributed by atoms with Gasteiger partial charge < -0.3 is 5.32 Å². The Kier molecular flexibility index (Phi) is 2.96. The Balaban J connectivity index is 1.61. The van der Waals surface area contributed by atoms with Crippen LogP contribution in [0.1, 0.15) is 12.8 Å². The lowest BCUT2D eigenvalue weighted by atomic mass is 10.2. The first-order valence-corrected chi connectivity index (χ1v) is 9.68. The van der Waals surface area contributed by atoms with Gasteiger partial charge in [-0.15, -0.1) is 0 Å². The summed E-state index contributed by atoms with van der Waals surface area (Å²) in [6, 6.07) is 0.0785. The molecule has 2 atom stereocenters. The summed E-state index contributed by atoms with van der Waals surface area (Å²) in [6.07, 6.45) is 0.468. The minimum absolute atomic E-state index is 0.00233. The predicted molar refractivity (Wildman–Crippen MR) is 67.4 cm³/mol. The lowest BCUT2D eigenvalue weighted by molar-refractivity contribution is 0.533. The van der Waals surface area contributed by atoms with Crippen LogP contribution in [0.25, 0.3) is 0 Å². The molecule has 8 heteroatoms. The van der Waals surface area contributed by atoms with E-state index in [-0.39, 0.29) is 30.4 Å². The minimum Gasteiger partial charge on any atom is -0.316 e. The summed E-state index contributed by atoms with van der Waals surface area (Å²) in [5.41, 5.74) is 0. The maximum Gasteiger partial charge on any atom is 0.214 e. The van der Waals surface area contributed by atoms with Crippen LogP contribution < -0.4 is 10.0 Å². The first-order chi connectivity index (χ1) is 8.39. The van der Waals surface area contributed by atoms with Crippen LogP contribution in [-0.2, 0) is 19.9 Å². The van der Waals surface area contributed by atoms with E-state index in [1.54, 1.807) is 0 Å². The molecule has 0 spiro atoms. The van der Waals surface area contributed by atoms with Crippen LogP contribution in [0.3, 0.4) is 0 Å². The quantitative estimate of drug-likeness (QED) is 0.675. The maximum absolute atomic E-state index is 12.2. The van der Waals surface area contributed by atoms with Gasteiger partial charge in [-0.25, -0.2) is 21.6 Å². The molecule has 0 bridgehead atoms. The van der Waals surface area contributed by atoms with E-state index in [9.17, 15) is 16.8 Å². The van der Waals surface area contributed by atoms with Crippen molar-refractivity contribution < 1.29 is 16.8 Å². The van der Waals surface area contributed by atoms with Gasteiger partial charge in [0, 0.05) is 6.04 Å². The number of rotatable bonds is 3. The van der Waals surface area contributed by atoms with Gasteiger partial charge in [-0.05, 0) is 37.8 Å². The molecule has 104 valence electrons. The third-order valence-electron chi connectivity index (χ3n) is 4.33. The molecule has 2 saturated heterocycles. The molecular weight excluding hydrogens is 276 g/mol. The van der Waals surface area contributed by atoms with Gasteiger partial charge in [0.1, 0.15) is 9.84 Å². The second-order valence-corrected chi connectivity index (χ2v) is 9.82. The molecule has 18 heavy (non-hydrogen) atoms. The van der Waals surface area contributed by atoms with Crippen molar-refractivity contribution in [2.75, 3.05) is 24.6 Å². The van der Waals surface area contributed by atoms with Crippen LogP contribution >= 0.6 is 0 Å². The molecule has 0 aromatic carbocycles.